The van der Waals surface area contributed by atoms with Gasteiger partial charge in [0.1, 0.15) is 30.0 Å². The predicted molar refractivity (Wildman–Crippen MR) is 99.3 cm³/mol. The van der Waals surface area contributed by atoms with Gasteiger partial charge in [-0.1, -0.05) is 25.7 Å². The molecule has 6 heteroatoms. The number of hydrogen-bond donors (Lipinski definition) is 0. The van der Waals surface area contributed by atoms with Crippen LogP contribution in [0.15, 0.2) is 17.7 Å². The largest absolute Gasteiger partial charge is 0.496 e. The number of allylic oxidation sites excluding steroid dienone is 2. The van der Waals surface area contributed by atoms with E-state index in [4.69, 9.17) is 14.2 Å². The normalized spacial score (nSPS) is 14.1. The Labute approximate surface area is 150 Å². The summed E-state index contributed by atoms with van der Waals surface area (Å²) in [5.74, 6) is 0.818. The Morgan fingerprint density at radius 3 is 2.68 bits per heavy atom. The fourth-order valence-electron chi connectivity index (χ4n) is 2.58. The van der Waals surface area contributed by atoms with E-state index in [0.717, 1.165) is 23.5 Å². The molecular formula is C19H26O5Si. The molecule has 136 valence electrons. The maximum Gasteiger partial charge on any atom is 0.342 e. The van der Waals surface area contributed by atoms with E-state index in [9.17, 15) is 9.59 Å². The molecule has 25 heavy (non-hydrogen) atoms. The summed E-state index contributed by atoms with van der Waals surface area (Å²) in [5.41, 5.74) is 2.67. The van der Waals surface area contributed by atoms with Crippen molar-refractivity contribution in [1.82, 2.24) is 0 Å². The molecule has 2 rings (SSSR count). The Morgan fingerprint density at radius 1 is 1.36 bits per heavy atom. The Kier molecular flexibility index (Phi) is 6.05. The number of benzene rings is 1. The summed E-state index contributed by atoms with van der Waals surface area (Å²) in [6.45, 7) is 9.35. The standard InChI is InChI=1S/C19H26O5Si/c1-13(11-20)6-7-15-16(22-2)10-14-12-24-19(21)17(14)18(15)23-8-9-25(3,4)5/h6,10-11H,7-9,12H2,1-5H3/b13-6+. The first kappa shape index (κ1) is 19.2. The van der Waals surface area contributed by atoms with Crippen LogP contribution >= 0.6 is 0 Å². The number of fused-ring (bicyclic) bond motifs is 1. The molecule has 0 aromatic heterocycles. The van der Waals surface area contributed by atoms with Crippen LogP contribution in [0.25, 0.3) is 0 Å². The second-order valence-electron chi connectivity index (χ2n) is 7.43. The number of cyclic esters (lactones) is 1. The van der Waals surface area contributed by atoms with E-state index in [0.29, 0.717) is 35.7 Å². The molecule has 0 fully saturated rings. The van der Waals surface area contributed by atoms with E-state index in [1.807, 2.05) is 12.1 Å². The predicted octanol–water partition coefficient (Wildman–Crippen LogP) is 3.77. The Balaban J connectivity index is 2.45. The third-order valence-electron chi connectivity index (χ3n) is 4.12. The lowest BCUT2D eigenvalue weighted by Crippen LogP contribution is -2.23. The highest BCUT2D eigenvalue weighted by molar-refractivity contribution is 6.76. The number of methoxy groups -OCH3 is 1. The summed E-state index contributed by atoms with van der Waals surface area (Å²) < 4.78 is 16.8. The number of carbonyl (C=O) groups is 2. The minimum Gasteiger partial charge on any atom is -0.496 e. The number of carbonyl (C=O) groups excluding carboxylic acids is 2. The number of esters is 1. The average Bonchev–Trinajstić information content (AvgIpc) is 2.92. The lowest BCUT2D eigenvalue weighted by atomic mass is 9.99. The van der Waals surface area contributed by atoms with Gasteiger partial charge < -0.3 is 14.2 Å². The van der Waals surface area contributed by atoms with Crippen LogP contribution in [0.4, 0.5) is 0 Å². The zero-order chi connectivity index (χ0) is 18.6. The van der Waals surface area contributed by atoms with Gasteiger partial charge in [-0.05, 0) is 31.0 Å². The van der Waals surface area contributed by atoms with Crippen molar-refractivity contribution in [2.24, 2.45) is 0 Å². The molecule has 0 radical (unpaired) electrons. The number of rotatable bonds is 8. The average molecular weight is 362 g/mol. The first-order valence-electron chi connectivity index (χ1n) is 8.41. The van der Waals surface area contributed by atoms with E-state index in [-0.39, 0.29) is 12.6 Å². The molecule has 1 aliphatic heterocycles. The molecule has 1 heterocycles. The maximum atomic E-state index is 12.2. The lowest BCUT2D eigenvalue weighted by molar-refractivity contribution is -0.104. The van der Waals surface area contributed by atoms with Crippen LogP contribution in [0, 0.1) is 0 Å². The highest BCUT2D eigenvalue weighted by atomic mass is 28.3. The number of hydrogen-bond acceptors (Lipinski definition) is 5. The molecule has 0 amide bonds. The topological polar surface area (TPSA) is 61.8 Å². The lowest BCUT2D eigenvalue weighted by Gasteiger charge is -2.20. The highest BCUT2D eigenvalue weighted by Gasteiger charge is 2.30. The summed E-state index contributed by atoms with van der Waals surface area (Å²) in [6.07, 6.45) is 3.07. The van der Waals surface area contributed by atoms with Crippen molar-refractivity contribution >= 4 is 20.3 Å². The fourth-order valence-corrected chi connectivity index (χ4v) is 3.30. The minimum absolute atomic E-state index is 0.235. The zero-order valence-corrected chi connectivity index (χ0v) is 16.6. The molecule has 0 saturated heterocycles. The second kappa shape index (κ2) is 7.87. The van der Waals surface area contributed by atoms with Crippen molar-refractivity contribution < 1.29 is 23.8 Å². The van der Waals surface area contributed by atoms with Gasteiger partial charge in [0.05, 0.1) is 13.7 Å². The molecule has 1 aromatic carbocycles. The molecule has 0 saturated carbocycles. The summed E-state index contributed by atoms with van der Waals surface area (Å²) in [5, 5.41) is 0. The monoisotopic (exact) mass is 362 g/mol. The molecule has 0 bridgehead atoms. The van der Waals surface area contributed by atoms with E-state index in [2.05, 4.69) is 19.6 Å². The van der Waals surface area contributed by atoms with Gasteiger partial charge in [-0.2, -0.15) is 0 Å². The molecule has 1 aliphatic rings. The van der Waals surface area contributed by atoms with Gasteiger partial charge in [-0.25, -0.2) is 4.79 Å². The first-order valence-corrected chi connectivity index (χ1v) is 12.1. The van der Waals surface area contributed by atoms with Gasteiger partial charge in [0.25, 0.3) is 0 Å². The zero-order valence-electron chi connectivity index (χ0n) is 15.6. The van der Waals surface area contributed by atoms with Gasteiger partial charge in [0, 0.05) is 19.2 Å². The van der Waals surface area contributed by atoms with Gasteiger partial charge in [-0.3, -0.25) is 4.79 Å². The van der Waals surface area contributed by atoms with E-state index >= 15 is 0 Å². The van der Waals surface area contributed by atoms with E-state index in [1.54, 1.807) is 14.0 Å². The van der Waals surface area contributed by atoms with Gasteiger partial charge in [-0.15, -0.1) is 0 Å². The van der Waals surface area contributed by atoms with Crippen molar-refractivity contribution in [2.45, 2.75) is 45.6 Å². The third-order valence-corrected chi connectivity index (χ3v) is 5.82. The smallest absolute Gasteiger partial charge is 0.342 e. The van der Waals surface area contributed by atoms with Gasteiger partial charge in [0.15, 0.2) is 0 Å². The minimum atomic E-state index is -1.27. The maximum absolute atomic E-state index is 12.2. The van der Waals surface area contributed by atoms with Crippen molar-refractivity contribution in [3.63, 3.8) is 0 Å². The van der Waals surface area contributed by atoms with Crippen molar-refractivity contribution in [1.29, 1.82) is 0 Å². The van der Waals surface area contributed by atoms with Crippen LogP contribution in [0.2, 0.25) is 25.7 Å². The Hall–Kier alpha value is -2.08. The molecule has 1 aromatic rings. The van der Waals surface area contributed by atoms with Gasteiger partial charge in [0.2, 0.25) is 0 Å². The summed E-state index contributed by atoms with van der Waals surface area (Å²) in [6, 6.07) is 2.81. The number of ether oxygens (including phenoxy) is 3. The molecule has 0 atom stereocenters. The van der Waals surface area contributed by atoms with E-state index < -0.39 is 8.07 Å². The molecule has 5 nitrogen and oxygen atoms in total. The van der Waals surface area contributed by atoms with Crippen LogP contribution in [0.5, 0.6) is 11.5 Å². The van der Waals surface area contributed by atoms with Crippen molar-refractivity contribution in [2.75, 3.05) is 13.7 Å². The molecule has 0 aliphatic carbocycles. The Morgan fingerprint density at radius 2 is 2.08 bits per heavy atom. The van der Waals surface area contributed by atoms with Crippen LogP contribution < -0.4 is 9.47 Å². The molecular weight excluding hydrogens is 336 g/mol. The summed E-state index contributed by atoms with van der Waals surface area (Å²) in [7, 11) is 0.323. The molecule has 0 N–H and O–H groups in total. The first-order chi connectivity index (χ1) is 11.8. The van der Waals surface area contributed by atoms with Crippen molar-refractivity contribution in [3.8, 4) is 11.5 Å². The van der Waals surface area contributed by atoms with Crippen LogP contribution in [0.3, 0.4) is 0 Å². The summed E-state index contributed by atoms with van der Waals surface area (Å²) in [4.78, 5) is 23.1. The second-order valence-corrected chi connectivity index (χ2v) is 13.0. The Bertz CT molecular complexity index is 701. The third kappa shape index (κ3) is 4.72. The van der Waals surface area contributed by atoms with Crippen molar-refractivity contribution in [3.05, 3.63) is 34.4 Å². The van der Waals surface area contributed by atoms with Gasteiger partial charge >= 0.3 is 5.97 Å². The summed E-state index contributed by atoms with van der Waals surface area (Å²) >= 11 is 0. The molecule has 0 unspecified atom stereocenters. The SMILES string of the molecule is COc1cc2c(c(OCC[Si](C)(C)C)c1C/C=C(\C)C=O)C(=O)OC2. The van der Waals surface area contributed by atoms with Crippen LogP contribution in [0.1, 0.15) is 28.4 Å². The highest BCUT2D eigenvalue weighted by Crippen LogP contribution is 2.39. The quantitative estimate of drug-likeness (QED) is 0.305. The van der Waals surface area contributed by atoms with E-state index in [1.165, 1.54) is 0 Å². The number of aldehydes is 1. The fraction of sp³-hybridized carbons (Fsp3) is 0.474. The van der Waals surface area contributed by atoms with Crippen LogP contribution in [-0.4, -0.2) is 34.0 Å². The molecule has 0 spiro atoms. The van der Waals surface area contributed by atoms with Crippen LogP contribution in [-0.2, 0) is 22.6 Å².